The third-order valence-electron chi connectivity index (χ3n) is 3.99. The van der Waals surface area contributed by atoms with Crippen LogP contribution < -0.4 is 10.2 Å². The van der Waals surface area contributed by atoms with Gasteiger partial charge in [-0.25, -0.2) is 0 Å². The van der Waals surface area contributed by atoms with Crippen molar-refractivity contribution in [2.75, 3.05) is 24.5 Å². The van der Waals surface area contributed by atoms with E-state index in [1.165, 1.54) is 23.2 Å². The highest BCUT2D eigenvalue weighted by Gasteiger charge is 2.30. The van der Waals surface area contributed by atoms with Crippen LogP contribution in [0.4, 0.5) is 5.69 Å². The number of benzene rings is 1. The molecule has 3 rings (SSSR count). The van der Waals surface area contributed by atoms with Gasteiger partial charge >= 0.3 is 0 Å². The second-order valence-electron chi connectivity index (χ2n) is 6.24. The van der Waals surface area contributed by atoms with Crippen molar-refractivity contribution in [2.24, 2.45) is 0 Å². The summed E-state index contributed by atoms with van der Waals surface area (Å²) in [7, 11) is 0. The van der Waals surface area contributed by atoms with Crippen LogP contribution >= 0.6 is 0 Å². The standard InChI is InChI=1S/C16H22N2/c1-16(2,3)18-10-8-14-13(5-4-6-15(14)18)12-7-9-17-11-12/h4-7,17H,8-11H2,1-3H3. The molecule has 0 fully saturated rings. The first-order valence-electron chi connectivity index (χ1n) is 6.87. The van der Waals surface area contributed by atoms with Crippen LogP contribution in [0.5, 0.6) is 0 Å². The van der Waals surface area contributed by atoms with E-state index in [9.17, 15) is 0 Å². The van der Waals surface area contributed by atoms with Gasteiger partial charge in [-0.05, 0) is 50.0 Å². The highest BCUT2D eigenvalue weighted by molar-refractivity contribution is 5.77. The molecule has 0 radical (unpaired) electrons. The zero-order chi connectivity index (χ0) is 12.8. The van der Waals surface area contributed by atoms with E-state index in [0.29, 0.717) is 0 Å². The van der Waals surface area contributed by atoms with Gasteiger partial charge in [0.05, 0.1) is 0 Å². The molecule has 2 heteroatoms. The lowest BCUT2D eigenvalue weighted by atomic mass is 9.98. The van der Waals surface area contributed by atoms with Crippen LogP contribution in [0.2, 0.25) is 0 Å². The minimum atomic E-state index is 0.214. The predicted octanol–water partition coefficient (Wildman–Crippen LogP) is 2.83. The van der Waals surface area contributed by atoms with Crippen LogP contribution in [0, 0.1) is 0 Å². The molecule has 0 saturated carbocycles. The smallest absolute Gasteiger partial charge is 0.0410 e. The van der Waals surface area contributed by atoms with Crippen LogP contribution in [-0.2, 0) is 6.42 Å². The average Bonchev–Trinajstić information content (AvgIpc) is 2.96. The highest BCUT2D eigenvalue weighted by Crippen LogP contribution is 2.37. The Balaban J connectivity index is 2.04. The molecule has 0 aliphatic carbocycles. The molecule has 2 aliphatic rings. The molecular formula is C16H22N2. The summed E-state index contributed by atoms with van der Waals surface area (Å²) in [5.41, 5.74) is 6.13. The van der Waals surface area contributed by atoms with Crippen molar-refractivity contribution in [3.05, 3.63) is 35.4 Å². The topological polar surface area (TPSA) is 15.3 Å². The molecule has 1 aromatic rings. The van der Waals surface area contributed by atoms with Crippen LogP contribution in [0.15, 0.2) is 24.3 Å². The second-order valence-corrected chi connectivity index (χ2v) is 6.24. The monoisotopic (exact) mass is 242 g/mol. The molecule has 0 atom stereocenters. The molecule has 0 spiro atoms. The molecular weight excluding hydrogens is 220 g/mol. The Morgan fingerprint density at radius 1 is 1.22 bits per heavy atom. The maximum atomic E-state index is 3.40. The van der Waals surface area contributed by atoms with Gasteiger partial charge in [-0.2, -0.15) is 0 Å². The van der Waals surface area contributed by atoms with Gasteiger partial charge < -0.3 is 10.2 Å². The predicted molar refractivity (Wildman–Crippen MR) is 78.1 cm³/mol. The van der Waals surface area contributed by atoms with Gasteiger partial charge in [0.15, 0.2) is 0 Å². The van der Waals surface area contributed by atoms with Gasteiger partial charge in [0.25, 0.3) is 0 Å². The Morgan fingerprint density at radius 3 is 2.72 bits per heavy atom. The Kier molecular flexibility index (Phi) is 2.70. The summed E-state index contributed by atoms with van der Waals surface area (Å²) in [6.45, 7) is 10.1. The minimum Gasteiger partial charge on any atom is -0.366 e. The Labute approximate surface area is 110 Å². The number of hydrogen-bond donors (Lipinski definition) is 1. The SMILES string of the molecule is CC(C)(C)N1CCc2c(C3=CCNC3)cccc21. The van der Waals surface area contributed by atoms with E-state index in [0.717, 1.165) is 19.6 Å². The van der Waals surface area contributed by atoms with Gasteiger partial charge in [0, 0.05) is 30.9 Å². The third-order valence-corrected chi connectivity index (χ3v) is 3.99. The molecule has 0 unspecified atom stereocenters. The molecule has 96 valence electrons. The lowest BCUT2D eigenvalue weighted by Gasteiger charge is -2.34. The van der Waals surface area contributed by atoms with Crippen molar-refractivity contribution in [1.82, 2.24) is 5.32 Å². The van der Waals surface area contributed by atoms with E-state index in [2.05, 4.69) is 55.3 Å². The Morgan fingerprint density at radius 2 is 2.06 bits per heavy atom. The second kappa shape index (κ2) is 4.13. The van der Waals surface area contributed by atoms with Crippen molar-refractivity contribution in [3.8, 4) is 0 Å². The quantitative estimate of drug-likeness (QED) is 0.814. The van der Waals surface area contributed by atoms with Crippen LogP contribution in [0.1, 0.15) is 31.9 Å². The highest BCUT2D eigenvalue weighted by atomic mass is 15.2. The largest absolute Gasteiger partial charge is 0.366 e. The van der Waals surface area contributed by atoms with Crippen LogP contribution in [0.25, 0.3) is 5.57 Å². The molecule has 1 aromatic carbocycles. The third kappa shape index (κ3) is 1.85. The zero-order valence-electron chi connectivity index (χ0n) is 11.6. The fourth-order valence-corrected chi connectivity index (χ4v) is 3.11. The van der Waals surface area contributed by atoms with Gasteiger partial charge in [0.2, 0.25) is 0 Å². The first-order chi connectivity index (χ1) is 8.57. The van der Waals surface area contributed by atoms with Gasteiger partial charge in [0.1, 0.15) is 0 Å². The van der Waals surface area contributed by atoms with E-state index in [-0.39, 0.29) is 5.54 Å². The number of nitrogens with one attached hydrogen (secondary N) is 1. The van der Waals surface area contributed by atoms with Crippen LogP contribution in [0.3, 0.4) is 0 Å². The van der Waals surface area contributed by atoms with E-state index >= 15 is 0 Å². The Hall–Kier alpha value is -1.28. The molecule has 2 nitrogen and oxygen atoms in total. The number of hydrogen-bond acceptors (Lipinski definition) is 2. The van der Waals surface area contributed by atoms with Crippen LogP contribution in [-0.4, -0.2) is 25.2 Å². The Bertz CT molecular complexity index is 494. The van der Waals surface area contributed by atoms with E-state index in [1.54, 1.807) is 5.56 Å². The fraction of sp³-hybridized carbons (Fsp3) is 0.500. The summed E-state index contributed by atoms with van der Waals surface area (Å²) >= 11 is 0. The molecule has 2 heterocycles. The maximum absolute atomic E-state index is 3.40. The lowest BCUT2D eigenvalue weighted by molar-refractivity contribution is 0.518. The van der Waals surface area contributed by atoms with E-state index in [1.807, 2.05) is 0 Å². The molecule has 18 heavy (non-hydrogen) atoms. The summed E-state index contributed by atoms with van der Waals surface area (Å²) in [6.07, 6.45) is 3.51. The average molecular weight is 242 g/mol. The van der Waals surface area contributed by atoms with Crippen molar-refractivity contribution in [2.45, 2.75) is 32.7 Å². The summed E-state index contributed by atoms with van der Waals surface area (Å²) in [5, 5.41) is 3.40. The molecule has 0 bridgehead atoms. The van der Waals surface area contributed by atoms with Gasteiger partial charge in [-0.3, -0.25) is 0 Å². The summed E-state index contributed by atoms with van der Waals surface area (Å²) in [6, 6.07) is 6.77. The van der Waals surface area contributed by atoms with E-state index in [4.69, 9.17) is 0 Å². The van der Waals surface area contributed by atoms with Crippen molar-refractivity contribution >= 4 is 11.3 Å². The van der Waals surface area contributed by atoms with Gasteiger partial charge in [-0.15, -0.1) is 0 Å². The summed E-state index contributed by atoms with van der Waals surface area (Å²) in [4.78, 5) is 2.54. The van der Waals surface area contributed by atoms with Crippen molar-refractivity contribution in [1.29, 1.82) is 0 Å². The maximum Gasteiger partial charge on any atom is 0.0410 e. The van der Waals surface area contributed by atoms with E-state index < -0.39 is 0 Å². The van der Waals surface area contributed by atoms with Crippen molar-refractivity contribution < 1.29 is 0 Å². The van der Waals surface area contributed by atoms with Crippen molar-refractivity contribution in [3.63, 3.8) is 0 Å². The molecule has 1 N–H and O–H groups in total. The number of rotatable bonds is 1. The summed E-state index contributed by atoms with van der Waals surface area (Å²) in [5.74, 6) is 0. The first kappa shape index (κ1) is 11.8. The molecule has 0 aromatic heterocycles. The number of anilines is 1. The lowest BCUT2D eigenvalue weighted by Crippen LogP contribution is -2.40. The molecule has 2 aliphatic heterocycles. The van der Waals surface area contributed by atoms with Gasteiger partial charge in [-0.1, -0.05) is 18.2 Å². The number of nitrogens with zero attached hydrogens (tertiary/aromatic N) is 1. The molecule has 0 saturated heterocycles. The first-order valence-corrected chi connectivity index (χ1v) is 6.87. The fourth-order valence-electron chi connectivity index (χ4n) is 3.11. The normalized spacial score (nSPS) is 19.1. The summed E-state index contributed by atoms with van der Waals surface area (Å²) < 4.78 is 0. The molecule has 0 amide bonds. The zero-order valence-corrected chi connectivity index (χ0v) is 11.6. The number of fused-ring (bicyclic) bond motifs is 1. The minimum absolute atomic E-state index is 0.214.